The highest BCUT2D eigenvalue weighted by Gasteiger charge is 2.53. The highest BCUT2D eigenvalue weighted by molar-refractivity contribution is 8.01. The molecule has 0 radical (unpaired) electrons. The molecule has 1 aromatic carbocycles. The number of fused-ring (bicyclic) bond motifs is 1. The molecule has 0 N–H and O–H groups in total. The van der Waals surface area contributed by atoms with Gasteiger partial charge in [0.1, 0.15) is 17.5 Å². The molecule has 2 atom stereocenters. The maximum absolute atomic E-state index is 12.5. The lowest BCUT2D eigenvalue weighted by molar-refractivity contribution is -0.155. The molecule has 2 aromatic rings. The Labute approximate surface area is 171 Å². The van der Waals surface area contributed by atoms with Crippen LogP contribution in [0.15, 0.2) is 22.7 Å². The number of methoxy groups -OCH3 is 2. The molecule has 1 amide bonds. The molecule has 2 saturated heterocycles. The molecule has 4 rings (SSSR count). The van der Waals surface area contributed by atoms with E-state index >= 15 is 0 Å². The van der Waals surface area contributed by atoms with Crippen LogP contribution in [0.5, 0.6) is 11.5 Å². The first-order valence-electron chi connectivity index (χ1n) is 9.13. The summed E-state index contributed by atoms with van der Waals surface area (Å²) in [5.74, 6) is 1.70. The minimum absolute atomic E-state index is 0.00822. The van der Waals surface area contributed by atoms with E-state index in [2.05, 4.69) is 10.1 Å². The minimum atomic E-state index is -0.580. The topological polar surface area (TPSA) is 104 Å². The third-order valence-corrected chi connectivity index (χ3v) is 6.68. The van der Waals surface area contributed by atoms with Gasteiger partial charge in [-0.1, -0.05) is 5.16 Å². The van der Waals surface area contributed by atoms with Crippen LogP contribution in [0.4, 0.5) is 0 Å². The van der Waals surface area contributed by atoms with Crippen molar-refractivity contribution in [3.05, 3.63) is 24.1 Å². The molecular formula is C19H21N3O6S. The third-order valence-electron chi connectivity index (χ3n) is 5.17. The Bertz CT molecular complexity index is 948. The van der Waals surface area contributed by atoms with Crippen LogP contribution >= 0.6 is 11.8 Å². The molecule has 29 heavy (non-hydrogen) atoms. The number of hydrogen-bond acceptors (Lipinski definition) is 9. The van der Waals surface area contributed by atoms with E-state index in [1.165, 1.54) is 7.11 Å². The first-order chi connectivity index (χ1) is 13.9. The lowest BCUT2D eigenvalue weighted by Crippen LogP contribution is -2.46. The Kier molecular flexibility index (Phi) is 5.12. The predicted octanol–water partition coefficient (Wildman–Crippen LogP) is 2.25. The number of hydrogen-bond donors (Lipinski definition) is 0. The Hall–Kier alpha value is -2.75. The van der Waals surface area contributed by atoms with Gasteiger partial charge < -0.3 is 23.6 Å². The van der Waals surface area contributed by atoms with Gasteiger partial charge in [-0.3, -0.25) is 4.79 Å². The molecule has 0 saturated carbocycles. The van der Waals surface area contributed by atoms with Gasteiger partial charge in [0.25, 0.3) is 5.89 Å². The van der Waals surface area contributed by atoms with Crippen molar-refractivity contribution in [2.24, 2.45) is 0 Å². The molecule has 0 bridgehead atoms. The molecule has 2 aliphatic rings. The number of aromatic nitrogens is 2. The first kappa shape index (κ1) is 19.6. The standard InChI is InChI=1S/C19H21N3O6S/c1-19-7-6-16(23)22(19)13(10-29-19)18(24)27-9-15-20-17(21-28-15)12-5-4-11(25-2)8-14(12)26-3/h4-5,8,13H,6-7,9-10H2,1-3H3/t13-,19+/m1/s1. The van der Waals surface area contributed by atoms with Gasteiger partial charge in [-0.2, -0.15) is 4.98 Å². The quantitative estimate of drug-likeness (QED) is 0.652. The largest absolute Gasteiger partial charge is 0.497 e. The normalized spacial score (nSPS) is 23.2. The Morgan fingerprint density at radius 2 is 2.21 bits per heavy atom. The number of rotatable bonds is 6. The summed E-state index contributed by atoms with van der Waals surface area (Å²) in [5, 5.41) is 3.94. The summed E-state index contributed by atoms with van der Waals surface area (Å²) in [6, 6.07) is 4.65. The van der Waals surface area contributed by atoms with E-state index in [4.69, 9.17) is 18.7 Å². The number of carbonyl (C=O) groups excluding carboxylic acids is 2. The molecule has 2 fully saturated rings. The van der Waals surface area contributed by atoms with Crippen molar-refractivity contribution in [2.75, 3.05) is 20.0 Å². The van der Waals surface area contributed by atoms with Gasteiger partial charge in [0, 0.05) is 18.2 Å². The molecule has 0 aliphatic carbocycles. The van der Waals surface area contributed by atoms with Crippen LogP contribution in [0.25, 0.3) is 11.4 Å². The first-order valence-corrected chi connectivity index (χ1v) is 10.1. The monoisotopic (exact) mass is 419 g/mol. The maximum Gasteiger partial charge on any atom is 0.330 e. The molecule has 3 heterocycles. The molecule has 0 spiro atoms. The molecule has 0 unspecified atom stereocenters. The lowest BCUT2D eigenvalue weighted by Gasteiger charge is -2.29. The van der Waals surface area contributed by atoms with Gasteiger partial charge in [0.05, 0.1) is 24.7 Å². The summed E-state index contributed by atoms with van der Waals surface area (Å²) < 4.78 is 21.1. The number of thioether (sulfide) groups is 1. The summed E-state index contributed by atoms with van der Waals surface area (Å²) in [5.41, 5.74) is 0.625. The second-order valence-corrected chi connectivity index (χ2v) is 8.45. The van der Waals surface area contributed by atoms with E-state index < -0.39 is 12.0 Å². The van der Waals surface area contributed by atoms with Crippen LogP contribution in [0.2, 0.25) is 0 Å². The number of nitrogens with zero attached hydrogens (tertiary/aromatic N) is 3. The van der Waals surface area contributed by atoms with Gasteiger partial charge in [0.15, 0.2) is 6.61 Å². The lowest BCUT2D eigenvalue weighted by atomic mass is 10.2. The van der Waals surface area contributed by atoms with Crippen molar-refractivity contribution in [2.45, 2.75) is 37.3 Å². The van der Waals surface area contributed by atoms with E-state index in [1.807, 2.05) is 6.92 Å². The minimum Gasteiger partial charge on any atom is -0.497 e. The average molecular weight is 419 g/mol. The SMILES string of the molecule is COc1ccc(-c2noc(COC(=O)[C@H]3CS[C@@]4(C)CCC(=O)N34)n2)c(OC)c1. The fraction of sp³-hybridized carbons (Fsp3) is 0.474. The van der Waals surface area contributed by atoms with Gasteiger partial charge in [-0.15, -0.1) is 11.8 Å². The average Bonchev–Trinajstić information content (AvgIpc) is 3.41. The molecular weight excluding hydrogens is 398 g/mol. The number of carbonyl (C=O) groups is 2. The summed E-state index contributed by atoms with van der Waals surface area (Å²) in [7, 11) is 3.10. The van der Waals surface area contributed by atoms with Gasteiger partial charge in [-0.05, 0) is 25.5 Å². The van der Waals surface area contributed by atoms with Crippen molar-refractivity contribution in [1.29, 1.82) is 0 Å². The summed E-state index contributed by atoms with van der Waals surface area (Å²) in [4.78, 5) is 30.3. The van der Waals surface area contributed by atoms with Crippen molar-refractivity contribution >= 4 is 23.6 Å². The molecule has 1 aromatic heterocycles. The van der Waals surface area contributed by atoms with Gasteiger partial charge >= 0.3 is 5.97 Å². The predicted molar refractivity (Wildman–Crippen MR) is 103 cm³/mol. The maximum atomic E-state index is 12.5. The molecule has 10 heteroatoms. The molecule has 154 valence electrons. The highest BCUT2D eigenvalue weighted by atomic mass is 32.2. The summed E-state index contributed by atoms with van der Waals surface area (Å²) >= 11 is 1.61. The second-order valence-electron chi connectivity index (χ2n) is 6.95. The van der Waals surface area contributed by atoms with Crippen LogP contribution < -0.4 is 9.47 Å². The second kappa shape index (κ2) is 7.58. The summed E-state index contributed by atoms with van der Waals surface area (Å²) in [6.07, 6.45) is 1.21. The Morgan fingerprint density at radius 1 is 1.38 bits per heavy atom. The smallest absolute Gasteiger partial charge is 0.330 e. The van der Waals surface area contributed by atoms with E-state index in [1.54, 1.807) is 42.0 Å². The Balaban J connectivity index is 1.43. The van der Waals surface area contributed by atoms with Gasteiger partial charge in [0.2, 0.25) is 11.7 Å². The van der Waals surface area contributed by atoms with E-state index in [0.29, 0.717) is 35.1 Å². The number of benzene rings is 1. The van der Waals surface area contributed by atoms with Crippen LogP contribution in [0.3, 0.4) is 0 Å². The fourth-order valence-electron chi connectivity index (χ4n) is 3.63. The number of esters is 1. The van der Waals surface area contributed by atoms with Crippen LogP contribution in [-0.4, -0.2) is 57.8 Å². The number of ether oxygens (including phenoxy) is 3. The van der Waals surface area contributed by atoms with Crippen molar-refractivity contribution in [3.8, 4) is 22.9 Å². The third kappa shape index (κ3) is 3.52. The van der Waals surface area contributed by atoms with E-state index in [9.17, 15) is 9.59 Å². The zero-order chi connectivity index (χ0) is 20.6. The summed E-state index contributed by atoms with van der Waals surface area (Å²) in [6.45, 7) is 1.83. The highest BCUT2D eigenvalue weighted by Crippen LogP contribution is 2.47. The van der Waals surface area contributed by atoms with Crippen molar-refractivity contribution in [1.82, 2.24) is 15.0 Å². The Morgan fingerprint density at radius 3 is 2.97 bits per heavy atom. The van der Waals surface area contributed by atoms with Crippen molar-refractivity contribution in [3.63, 3.8) is 0 Å². The van der Waals surface area contributed by atoms with E-state index in [-0.39, 0.29) is 23.3 Å². The van der Waals surface area contributed by atoms with Crippen molar-refractivity contribution < 1.29 is 28.3 Å². The zero-order valence-corrected chi connectivity index (χ0v) is 17.2. The zero-order valence-electron chi connectivity index (χ0n) is 16.3. The van der Waals surface area contributed by atoms with Gasteiger partial charge in [-0.25, -0.2) is 4.79 Å². The van der Waals surface area contributed by atoms with E-state index in [0.717, 1.165) is 6.42 Å². The van der Waals surface area contributed by atoms with Crippen LogP contribution in [-0.2, 0) is 20.9 Å². The molecule has 2 aliphatic heterocycles. The molecule has 9 nitrogen and oxygen atoms in total. The number of amides is 1. The van der Waals surface area contributed by atoms with Crippen LogP contribution in [0, 0.1) is 0 Å². The fourth-order valence-corrected chi connectivity index (χ4v) is 5.05. The van der Waals surface area contributed by atoms with Crippen LogP contribution in [0.1, 0.15) is 25.7 Å².